The SMILES string of the molecule is Ic1ccc(-c2ccc3cc(-c4ccc(-c5cccnc5)cc4)cnc3c2)cc1. The molecule has 0 N–H and O–H groups in total. The van der Waals surface area contributed by atoms with Gasteiger partial charge in [0.1, 0.15) is 0 Å². The summed E-state index contributed by atoms with van der Waals surface area (Å²) in [7, 11) is 0. The fourth-order valence-electron chi connectivity index (χ4n) is 3.49. The van der Waals surface area contributed by atoms with Crippen molar-refractivity contribution in [2.45, 2.75) is 0 Å². The van der Waals surface area contributed by atoms with Crippen LogP contribution in [-0.4, -0.2) is 9.97 Å². The zero-order valence-corrected chi connectivity index (χ0v) is 17.7. The molecule has 3 aromatic carbocycles. The molecular weight excluding hydrogens is 467 g/mol. The third kappa shape index (κ3) is 3.78. The van der Waals surface area contributed by atoms with E-state index in [1.165, 1.54) is 14.7 Å². The Hall–Kier alpha value is -3.05. The van der Waals surface area contributed by atoms with Gasteiger partial charge in [-0.15, -0.1) is 0 Å². The van der Waals surface area contributed by atoms with Crippen molar-refractivity contribution in [3.63, 3.8) is 0 Å². The lowest BCUT2D eigenvalue weighted by Gasteiger charge is -2.08. The Morgan fingerprint density at radius 2 is 1.21 bits per heavy atom. The third-order valence-corrected chi connectivity index (χ3v) is 5.79. The van der Waals surface area contributed by atoms with Crippen LogP contribution in [0.4, 0.5) is 0 Å². The average molecular weight is 484 g/mol. The van der Waals surface area contributed by atoms with Crippen molar-refractivity contribution >= 4 is 33.5 Å². The van der Waals surface area contributed by atoms with Crippen molar-refractivity contribution in [1.29, 1.82) is 0 Å². The minimum atomic E-state index is 1.01. The fraction of sp³-hybridized carbons (Fsp3) is 0. The summed E-state index contributed by atoms with van der Waals surface area (Å²) in [5.41, 5.74) is 7.98. The second-order valence-electron chi connectivity index (χ2n) is 6.96. The Balaban J connectivity index is 1.47. The van der Waals surface area contributed by atoms with Gasteiger partial charge in [-0.2, -0.15) is 0 Å². The summed E-state index contributed by atoms with van der Waals surface area (Å²) in [6.45, 7) is 0. The minimum Gasteiger partial charge on any atom is -0.264 e. The van der Waals surface area contributed by atoms with Gasteiger partial charge in [-0.05, 0) is 80.7 Å². The molecule has 0 fully saturated rings. The number of hydrogen-bond acceptors (Lipinski definition) is 2. The van der Waals surface area contributed by atoms with Crippen LogP contribution < -0.4 is 0 Å². The molecule has 0 saturated heterocycles. The molecule has 3 heteroatoms. The molecule has 0 bridgehead atoms. The number of pyridine rings is 2. The quantitative estimate of drug-likeness (QED) is 0.253. The summed E-state index contributed by atoms with van der Waals surface area (Å²) in [5.74, 6) is 0. The predicted octanol–water partition coefficient (Wildman–Crippen LogP) is 7.24. The highest BCUT2D eigenvalue weighted by atomic mass is 127. The number of fused-ring (bicyclic) bond motifs is 1. The molecule has 5 aromatic rings. The first-order valence-corrected chi connectivity index (χ1v) is 10.5. The van der Waals surface area contributed by atoms with Gasteiger partial charge in [-0.25, -0.2) is 0 Å². The zero-order chi connectivity index (χ0) is 19.6. The van der Waals surface area contributed by atoms with Crippen LogP contribution in [0.15, 0.2) is 104 Å². The molecule has 29 heavy (non-hydrogen) atoms. The van der Waals surface area contributed by atoms with Crippen LogP contribution in [-0.2, 0) is 0 Å². The maximum Gasteiger partial charge on any atom is 0.0708 e. The summed E-state index contributed by atoms with van der Waals surface area (Å²) >= 11 is 2.33. The molecular formula is C26H17IN2. The maximum absolute atomic E-state index is 4.73. The van der Waals surface area contributed by atoms with Crippen molar-refractivity contribution in [3.8, 4) is 33.4 Å². The average Bonchev–Trinajstić information content (AvgIpc) is 2.80. The van der Waals surface area contributed by atoms with E-state index in [-0.39, 0.29) is 0 Å². The molecule has 5 rings (SSSR count). The van der Waals surface area contributed by atoms with Crippen LogP contribution >= 0.6 is 22.6 Å². The van der Waals surface area contributed by atoms with Crippen LogP contribution in [0.3, 0.4) is 0 Å². The van der Waals surface area contributed by atoms with Crippen LogP contribution in [0.5, 0.6) is 0 Å². The number of rotatable bonds is 3. The smallest absolute Gasteiger partial charge is 0.0708 e. The molecule has 0 radical (unpaired) electrons. The Kier molecular flexibility index (Phi) is 4.82. The van der Waals surface area contributed by atoms with Gasteiger partial charge in [-0.1, -0.05) is 54.6 Å². The largest absolute Gasteiger partial charge is 0.264 e. The second kappa shape index (κ2) is 7.76. The van der Waals surface area contributed by atoms with E-state index in [9.17, 15) is 0 Å². The van der Waals surface area contributed by atoms with E-state index < -0.39 is 0 Å². The van der Waals surface area contributed by atoms with Crippen molar-refractivity contribution < 1.29 is 0 Å². The van der Waals surface area contributed by atoms with Gasteiger partial charge in [0.25, 0.3) is 0 Å². The Labute approximate surface area is 183 Å². The van der Waals surface area contributed by atoms with Gasteiger partial charge in [0.2, 0.25) is 0 Å². The van der Waals surface area contributed by atoms with Crippen molar-refractivity contribution in [3.05, 3.63) is 107 Å². The van der Waals surface area contributed by atoms with E-state index >= 15 is 0 Å². The van der Waals surface area contributed by atoms with Gasteiger partial charge < -0.3 is 0 Å². The molecule has 138 valence electrons. The highest BCUT2D eigenvalue weighted by Crippen LogP contribution is 2.28. The molecule has 2 heterocycles. The first kappa shape index (κ1) is 18.0. The zero-order valence-electron chi connectivity index (χ0n) is 15.6. The third-order valence-electron chi connectivity index (χ3n) is 5.07. The highest BCUT2D eigenvalue weighted by molar-refractivity contribution is 14.1. The van der Waals surface area contributed by atoms with Crippen molar-refractivity contribution in [2.24, 2.45) is 0 Å². The standard InChI is InChI=1S/C26H17IN2/c27-25-11-9-18(10-12-25)21-7-8-22-14-24(17-29-26(22)15-21)20-5-3-19(4-6-20)23-2-1-13-28-16-23/h1-17H. The van der Waals surface area contributed by atoms with Crippen LogP contribution in [0, 0.1) is 3.57 Å². The van der Waals surface area contributed by atoms with E-state index in [1.54, 1.807) is 6.20 Å². The summed E-state index contributed by atoms with van der Waals surface area (Å²) in [4.78, 5) is 8.93. The lowest BCUT2D eigenvalue weighted by molar-refractivity contribution is 1.33. The van der Waals surface area contributed by atoms with E-state index in [4.69, 9.17) is 4.98 Å². The van der Waals surface area contributed by atoms with Gasteiger partial charge in [0.05, 0.1) is 5.52 Å². The maximum atomic E-state index is 4.73. The first-order chi connectivity index (χ1) is 14.3. The molecule has 0 aliphatic carbocycles. The molecule has 0 saturated carbocycles. The monoisotopic (exact) mass is 484 g/mol. The number of halogens is 1. The molecule has 0 atom stereocenters. The van der Waals surface area contributed by atoms with Crippen LogP contribution in [0.25, 0.3) is 44.3 Å². The molecule has 0 unspecified atom stereocenters. The molecule has 0 aliphatic rings. The molecule has 0 amide bonds. The fourth-order valence-corrected chi connectivity index (χ4v) is 3.85. The number of benzene rings is 3. The predicted molar refractivity (Wildman–Crippen MR) is 129 cm³/mol. The Morgan fingerprint density at radius 3 is 1.93 bits per heavy atom. The molecule has 2 aromatic heterocycles. The second-order valence-corrected chi connectivity index (χ2v) is 8.20. The summed E-state index contributed by atoms with van der Waals surface area (Å²) in [6.07, 6.45) is 5.64. The van der Waals surface area contributed by atoms with Gasteiger partial charge in [-0.3, -0.25) is 9.97 Å². The van der Waals surface area contributed by atoms with E-state index in [0.717, 1.165) is 33.2 Å². The highest BCUT2D eigenvalue weighted by Gasteiger charge is 2.05. The van der Waals surface area contributed by atoms with E-state index in [0.29, 0.717) is 0 Å². The summed E-state index contributed by atoms with van der Waals surface area (Å²) in [5, 5.41) is 1.15. The summed E-state index contributed by atoms with van der Waals surface area (Å²) < 4.78 is 1.24. The lowest BCUT2D eigenvalue weighted by Crippen LogP contribution is -1.86. The van der Waals surface area contributed by atoms with Gasteiger partial charge in [0.15, 0.2) is 0 Å². The summed E-state index contributed by atoms with van der Waals surface area (Å²) in [6, 6.07) is 29.9. The van der Waals surface area contributed by atoms with Crippen molar-refractivity contribution in [2.75, 3.05) is 0 Å². The van der Waals surface area contributed by atoms with E-state index in [2.05, 4.69) is 106 Å². The number of nitrogens with zero attached hydrogens (tertiary/aromatic N) is 2. The number of aromatic nitrogens is 2. The minimum absolute atomic E-state index is 1.01. The molecule has 2 nitrogen and oxygen atoms in total. The topological polar surface area (TPSA) is 25.8 Å². The van der Waals surface area contributed by atoms with Gasteiger partial charge in [0, 0.05) is 33.1 Å². The lowest BCUT2D eigenvalue weighted by atomic mass is 10.00. The van der Waals surface area contributed by atoms with Crippen LogP contribution in [0.1, 0.15) is 0 Å². The molecule has 0 aliphatic heterocycles. The molecule has 0 spiro atoms. The Morgan fingerprint density at radius 1 is 0.552 bits per heavy atom. The number of hydrogen-bond donors (Lipinski definition) is 0. The van der Waals surface area contributed by atoms with Gasteiger partial charge >= 0.3 is 0 Å². The normalized spacial score (nSPS) is 10.9. The van der Waals surface area contributed by atoms with Crippen LogP contribution in [0.2, 0.25) is 0 Å². The van der Waals surface area contributed by atoms with Crippen molar-refractivity contribution in [1.82, 2.24) is 9.97 Å². The Bertz CT molecular complexity index is 1280. The first-order valence-electron chi connectivity index (χ1n) is 9.43. The van der Waals surface area contributed by atoms with E-state index in [1.807, 2.05) is 18.5 Å².